The number of rotatable bonds is 5. The van der Waals surface area contributed by atoms with Crippen molar-refractivity contribution in [3.05, 3.63) is 28.8 Å². The Bertz CT molecular complexity index is 673. The maximum Gasteiger partial charge on any atom is 0.441 e. The van der Waals surface area contributed by atoms with Crippen molar-refractivity contribution >= 4 is 27.7 Å². The average molecular weight is 356 g/mol. The number of thioether (sulfide) groups is 1. The highest BCUT2D eigenvalue weighted by Gasteiger charge is 2.27. The number of sulfonamides is 1. The Labute approximate surface area is 130 Å². The molecule has 0 aromatic heterocycles. The van der Waals surface area contributed by atoms with Crippen LogP contribution in [0.3, 0.4) is 0 Å². The van der Waals surface area contributed by atoms with Crippen molar-refractivity contribution in [2.45, 2.75) is 24.3 Å². The summed E-state index contributed by atoms with van der Waals surface area (Å²) in [6.07, 6.45) is 0. The molecule has 0 aliphatic heterocycles. The standard InChI is InChI=1S/C12H15F3N2O3S2/c1-7-5-8(2)10(22(16,19)20)6-9(7)11(18)17-3-4-21-12(13,14)15/h5-6H,3-4H2,1-2H3,(H,17,18)(H2,16,19,20). The van der Waals surface area contributed by atoms with Gasteiger partial charge >= 0.3 is 5.51 Å². The number of hydrogen-bond donors (Lipinski definition) is 2. The van der Waals surface area contributed by atoms with E-state index in [1.54, 1.807) is 6.92 Å². The van der Waals surface area contributed by atoms with Crippen LogP contribution in [0.4, 0.5) is 13.2 Å². The number of alkyl halides is 3. The molecular weight excluding hydrogens is 341 g/mol. The number of benzene rings is 1. The van der Waals surface area contributed by atoms with Gasteiger partial charge in [-0.1, -0.05) is 6.07 Å². The van der Waals surface area contributed by atoms with Gasteiger partial charge in [0.15, 0.2) is 0 Å². The number of primary sulfonamides is 1. The molecule has 1 rings (SSSR count). The Hall–Kier alpha value is -1.26. The molecule has 0 aliphatic rings. The molecule has 0 spiro atoms. The number of aryl methyl sites for hydroxylation is 2. The molecule has 22 heavy (non-hydrogen) atoms. The van der Waals surface area contributed by atoms with E-state index in [9.17, 15) is 26.4 Å². The van der Waals surface area contributed by atoms with Gasteiger partial charge < -0.3 is 5.32 Å². The maximum atomic E-state index is 12.0. The van der Waals surface area contributed by atoms with E-state index in [4.69, 9.17) is 5.14 Å². The highest BCUT2D eigenvalue weighted by molar-refractivity contribution is 8.00. The molecule has 1 aromatic carbocycles. The maximum absolute atomic E-state index is 12.0. The average Bonchev–Trinajstić information content (AvgIpc) is 2.31. The van der Waals surface area contributed by atoms with E-state index in [1.165, 1.54) is 13.0 Å². The highest BCUT2D eigenvalue weighted by atomic mass is 32.2. The molecule has 0 atom stereocenters. The Morgan fingerprint density at radius 2 is 1.86 bits per heavy atom. The monoisotopic (exact) mass is 356 g/mol. The van der Waals surface area contributed by atoms with Gasteiger partial charge in [-0.25, -0.2) is 13.6 Å². The molecule has 0 bridgehead atoms. The van der Waals surface area contributed by atoms with Crippen molar-refractivity contribution in [1.29, 1.82) is 0 Å². The fourth-order valence-electron chi connectivity index (χ4n) is 1.81. The van der Waals surface area contributed by atoms with Gasteiger partial charge in [0.25, 0.3) is 5.91 Å². The first-order valence-corrected chi connectivity index (χ1v) is 8.58. The predicted octanol–water partition coefficient (Wildman–Crippen LogP) is 1.93. The number of carbonyl (C=O) groups excluding carboxylic acids is 1. The second-order valence-corrected chi connectivity index (χ2v) is 7.22. The van der Waals surface area contributed by atoms with Gasteiger partial charge in [0, 0.05) is 17.9 Å². The summed E-state index contributed by atoms with van der Waals surface area (Å²) in [4.78, 5) is 11.8. The molecule has 10 heteroatoms. The van der Waals surface area contributed by atoms with Crippen molar-refractivity contribution in [2.75, 3.05) is 12.3 Å². The Morgan fingerprint density at radius 3 is 2.36 bits per heavy atom. The summed E-state index contributed by atoms with van der Waals surface area (Å²) >= 11 is -0.246. The number of nitrogens with two attached hydrogens (primary N) is 1. The minimum atomic E-state index is -4.36. The van der Waals surface area contributed by atoms with Gasteiger partial charge in [-0.15, -0.1) is 0 Å². The number of amides is 1. The smallest absolute Gasteiger partial charge is 0.351 e. The molecule has 0 aliphatic carbocycles. The van der Waals surface area contributed by atoms with Crippen molar-refractivity contribution in [2.24, 2.45) is 5.14 Å². The molecule has 3 N–H and O–H groups in total. The molecule has 124 valence electrons. The van der Waals surface area contributed by atoms with Gasteiger partial charge in [-0.2, -0.15) is 13.2 Å². The first kappa shape index (κ1) is 18.8. The largest absolute Gasteiger partial charge is 0.441 e. The normalized spacial score (nSPS) is 12.3. The molecule has 1 amide bonds. The summed E-state index contributed by atoms with van der Waals surface area (Å²) < 4.78 is 58.8. The van der Waals surface area contributed by atoms with Gasteiger partial charge in [0.1, 0.15) is 0 Å². The van der Waals surface area contributed by atoms with Crippen LogP contribution in [0.15, 0.2) is 17.0 Å². The number of nitrogens with one attached hydrogen (secondary N) is 1. The quantitative estimate of drug-likeness (QED) is 0.789. The van der Waals surface area contributed by atoms with Crippen LogP contribution in [0.5, 0.6) is 0 Å². The lowest BCUT2D eigenvalue weighted by molar-refractivity contribution is -0.0327. The fraction of sp³-hybridized carbons (Fsp3) is 0.417. The molecule has 0 radical (unpaired) electrons. The minimum absolute atomic E-state index is 0.0617. The van der Waals surface area contributed by atoms with E-state index in [0.29, 0.717) is 11.1 Å². The zero-order valence-corrected chi connectivity index (χ0v) is 13.5. The van der Waals surface area contributed by atoms with Gasteiger partial charge in [0.05, 0.1) is 4.90 Å². The molecule has 1 aromatic rings. The zero-order valence-electron chi connectivity index (χ0n) is 11.8. The summed E-state index contributed by atoms with van der Waals surface area (Å²) in [5.41, 5.74) is -3.40. The van der Waals surface area contributed by atoms with Gasteiger partial charge in [-0.05, 0) is 42.8 Å². The number of halogens is 3. The second kappa shape index (κ2) is 6.88. The minimum Gasteiger partial charge on any atom is -0.351 e. The van der Waals surface area contributed by atoms with Crippen LogP contribution in [0.2, 0.25) is 0 Å². The lowest BCUT2D eigenvalue weighted by Gasteiger charge is -2.12. The van der Waals surface area contributed by atoms with Crippen molar-refractivity contribution in [3.8, 4) is 0 Å². The summed E-state index contributed by atoms with van der Waals surface area (Å²) in [5, 5.41) is 7.37. The third-order valence-electron chi connectivity index (χ3n) is 2.73. The van der Waals surface area contributed by atoms with E-state index in [-0.39, 0.29) is 34.5 Å². The SMILES string of the molecule is Cc1cc(C)c(S(N)(=O)=O)cc1C(=O)NCCSC(F)(F)F. The third-order valence-corrected chi connectivity index (χ3v) is 4.51. The van der Waals surface area contributed by atoms with Gasteiger partial charge in [0.2, 0.25) is 10.0 Å². The lowest BCUT2D eigenvalue weighted by atomic mass is 10.1. The first-order valence-electron chi connectivity index (χ1n) is 6.05. The highest BCUT2D eigenvalue weighted by Crippen LogP contribution is 2.29. The lowest BCUT2D eigenvalue weighted by Crippen LogP contribution is -2.27. The van der Waals surface area contributed by atoms with Crippen LogP contribution < -0.4 is 10.5 Å². The summed E-state index contributed by atoms with van der Waals surface area (Å²) in [6.45, 7) is 2.94. The van der Waals surface area contributed by atoms with Crippen molar-refractivity contribution in [1.82, 2.24) is 5.32 Å². The Balaban J connectivity index is 2.86. The third kappa shape index (κ3) is 5.50. The summed E-state index contributed by atoms with van der Waals surface area (Å²) in [7, 11) is -3.98. The van der Waals surface area contributed by atoms with Crippen molar-refractivity contribution < 1.29 is 26.4 Å². The van der Waals surface area contributed by atoms with E-state index < -0.39 is 21.4 Å². The molecule has 0 fully saturated rings. The summed E-state index contributed by atoms with van der Waals surface area (Å²) in [5.74, 6) is -0.979. The van der Waals surface area contributed by atoms with Crippen LogP contribution in [-0.4, -0.2) is 32.1 Å². The predicted molar refractivity (Wildman–Crippen MR) is 78.1 cm³/mol. The van der Waals surface area contributed by atoms with Crippen molar-refractivity contribution in [3.63, 3.8) is 0 Å². The van der Waals surface area contributed by atoms with Crippen LogP contribution >= 0.6 is 11.8 Å². The molecule has 0 unspecified atom stereocenters. The Morgan fingerprint density at radius 1 is 1.27 bits per heavy atom. The molecular formula is C12H15F3N2O3S2. The van der Waals surface area contributed by atoms with Crippen LogP contribution in [0.25, 0.3) is 0 Å². The molecule has 0 saturated heterocycles. The second-order valence-electron chi connectivity index (χ2n) is 4.53. The first-order chi connectivity index (χ1) is 9.92. The Kier molecular flexibility index (Phi) is 5.88. The van der Waals surface area contributed by atoms with Gasteiger partial charge in [-0.3, -0.25) is 4.79 Å². The topological polar surface area (TPSA) is 89.3 Å². The molecule has 5 nitrogen and oxygen atoms in total. The van der Waals surface area contributed by atoms with E-state index in [0.717, 1.165) is 6.07 Å². The molecule has 0 saturated carbocycles. The molecule has 0 heterocycles. The van der Waals surface area contributed by atoms with E-state index in [1.807, 2.05) is 0 Å². The number of hydrogen-bond acceptors (Lipinski definition) is 4. The van der Waals surface area contributed by atoms with Crippen LogP contribution in [0.1, 0.15) is 21.5 Å². The van der Waals surface area contributed by atoms with E-state index in [2.05, 4.69) is 5.32 Å². The number of carbonyl (C=O) groups is 1. The summed E-state index contributed by atoms with van der Waals surface area (Å²) in [6, 6.07) is 2.62. The van der Waals surface area contributed by atoms with Crippen LogP contribution in [-0.2, 0) is 10.0 Å². The van der Waals surface area contributed by atoms with Crippen LogP contribution in [0, 0.1) is 13.8 Å². The fourth-order valence-corrected chi connectivity index (χ4v) is 3.04. The zero-order chi connectivity index (χ0) is 17.1. The van der Waals surface area contributed by atoms with E-state index >= 15 is 0 Å².